The highest BCUT2D eigenvalue weighted by atomic mass is 19.4. The molecule has 0 saturated carbocycles. The fourth-order valence-corrected chi connectivity index (χ4v) is 3.50. The van der Waals surface area contributed by atoms with E-state index < -0.39 is 28.9 Å². The van der Waals surface area contributed by atoms with E-state index in [2.05, 4.69) is 15.0 Å². The Morgan fingerprint density at radius 1 is 0.969 bits per heavy atom. The van der Waals surface area contributed by atoms with Crippen LogP contribution in [0.15, 0.2) is 65.8 Å². The van der Waals surface area contributed by atoms with Crippen LogP contribution in [-0.4, -0.2) is 15.0 Å². The van der Waals surface area contributed by atoms with Crippen LogP contribution in [0.1, 0.15) is 16.7 Å². The van der Waals surface area contributed by atoms with Crippen LogP contribution < -0.4 is 10.5 Å². The number of halogens is 5. The molecule has 0 aliphatic heterocycles. The summed E-state index contributed by atoms with van der Waals surface area (Å²) in [5, 5.41) is 0.383. The van der Waals surface area contributed by atoms with E-state index in [-0.39, 0.29) is 30.0 Å². The zero-order chi connectivity index (χ0) is 22.9. The summed E-state index contributed by atoms with van der Waals surface area (Å²) in [6.45, 7) is -0.481. The molecule has 10 heteroatoms. The van der Waals surface area contributed by atoms with Gasteiger partial charge in [0.1, 0.15) is 17.5 Å². The minimum Gasteiger partial charge on any atom is -0.347 e. The summed E-state index contributed by atoms with van der Waals surface area (Å²) in [5.41, 5.74) is -1.54. The second-order valence-corrected chi connectivity index (χ2v) is 7.04. The van der Waals surface area contributed by atoms with Gasteiger partial charge in [0, 0.05) is 36.9 Å². The van der Waals surface area contributed by atoms with Gasteiger partial charge in [-0.1, -0.05) is 12.1 Å². The van der Waals surface area contributed by atoms with E-state index >= 15 is 0 Å². The number of alkyl halides is 3. The molecule has 4 aromatic rings. The molecular weight excluding hydrogens is 431 g/mol. The van der Waals surface area contributed by atoms with Crippen molar-refractivity contribution in [2.45, 2.75) is 19.3 Å². The highest BCUT2D eigenvalue weighted by Gasteiger charge is 2.34. The predicted octanol–water partition coefficient (Wildman–Crippen LogP) is 4.82. The van der Waals surface area contributed by atoms with E-state index in [0.29, 0.717) is 17.0 Å². The zero-order valence-electron chi connectivity index (χ0n) is 16.3. The summed E-state index contributed by atoms with van der Waals surface area (Å²) in [7, 11) is 0. The number of fused-ring (bicyclic) bond motifs is 1. The topological polar surface area (TPSA) is 61.9 Å². The largest absolute Gasteiger partial charge is 0.416 e. The minimum absolute atomic E-state index is 0.0177. The average molecular weight is 446 g/mol. The molecule has 0 aliphatic rings. The number of aromatic nitrogens is 3. The summed E-state index contributed by atoms with van der Waals surface area (Å²) < 4.78 is 68.6. The average Bonchev–Trinajstić information content (AvgIpc) is 2.74. The molecule has 32 heavy (non-hydrogen) atoms. The second kappa shape index (κ2) is 8.37. The molecule has 0 fully saturated rings. The van der Waals surface area contributed by atoms with E-state index in [4.69, 9.17) is 0 Å². The maximum absolute atomic E-state index is 14.2. The SMILES string of the molecule is O=c1cc(CN(Cc2cc(F)ccc2C(F)(F)F)c2cnccn2)c2cccc(F)c2[nH]1. The number of rotatable bonds is 5. The molecule has 0 spiro atoms. The molecule has 5 nitrogen and oxygen atoms in total. The number of nitrogens with zero attached hydrogens (tertiary/aromatic N) is 3. The third-order valence-electron chi connectivity index (χ3n) is 4.88. The van der Waals surface area contributed by atoms with Crippen LogP contribution >= 0.6 is 0 Å². The first-order chi connectivity index (χ1) is 15.2. The van der Waals surface area contributed by atoms with Crippen molar-refractivity contribution in [2.75, 3.05) is 4.90 Å². The number of nitrogens with one attached hydrogen (secondary N) is 1. The molecule has 4 rings (SSSR count). The maximum atomic E-state index is 14.2. The molecule has 1 N–H and O–H groups in total. The Balaban J connectivity index is 1.82. The lowest BCUT2D eigenvalue weighted by molar-refractivity contribution is -0.138. The fourth-order valence-electron chi connectivity index (χ4n) is 3.50. The number of hydrogen-bond acceptors (Lipinski definition) is 4. The molecule has 2 heterocycles. The highest BCUT2D eigenvalue weighted by Crippen LogP contribution is 2.34. The fraction of sp³-hybridized carbons (Fsp3) is 0.136. The van der Waals surface area contributed by atoms with Crippen molar-refractivity contribution in [3.63, 3.8) is 0 Å². The molecule has 0 radical (unpaired) electrons. The van der Waals surface area contributed by atoms with Gasteiger partial charge in [0.25, 0.3) is 0 Å². The maximum Gasteiger partial charge on any atom is 0.416 e. The first-order valence-electron chi connectivity index (χ1n) is 9.39. The number of hydrogen-bond donors (Lipinski definition) is 1. The van der Waals surface area contributed by atoms with E-state index in [1.165, 1.54) is 41.7 Å². The summed E-state index contributed by atoms with van der Waals surface area (Å²) in [4.78, 5) is 24.0. The van der Waals surface area contributed by atoms with Crippen LogP contribution in [0.5, 0.6) is 0 Å². The van der Waals surface area contributed by atoms with E-state index in [1.807, 2.05) is 0 Å². The Morgan fingerprint density at radius 3 is 2.47 bits per heavy atom. The van der Waals surface area contributed by atoms with Gasteiger partial charge in [-0.05, 0) is 35.4 Å². The number of anilines is 1. The quantitative estimate of drug-likeness (QED) is 0.447. The third kappa shape index (κ3) is 4.43. The van der Waals surface area contributed by atoms with Crippen molar-refractivity contribution in [3.05, 3.63) is 99.7 Å². The van der Waals surface area contributed by atoms with Crippen molar-refractivity contribution in [2.24, 2.45) is 0 Å². The molecular formula is C22H15F5N4O. The summed E-state index contributed by atoms with van der Waals surface area (Å²) >= 11 is 0. The molecule has 0 atom stereocenters. The van der Waals surface area contributed by atoms with Gasteiger partial charge < -0.3 is 9.88 Å². The van der Waals surface area contributed by atoms with Crippen LogP contribution in [0, 0.1) is 11.6 Å². The Bertz CT molecular complexity index is 1320. The normalized spacial score (nSPS) is 11.7. The van der Waals surface area contributed by atoms with Gasteiger partial charge in [-0.3, -0.25) is 9.78 Å². The van der Waals surface area contributed by atoms with Crippen molar-refractivity contribution >= 4 is 16.7 Å². The van der Waals surface area contributed by atoms with E-state index in [9.17, 15) is 26.7 Å². The van der Waals surface area contributed by atoms with Crippen molar-refractivity contribution < 1.29 is 22.0 Å². The Morgan fingerprint density at radius 2 is 1.75 bits per heavy atom. The molecule has 164 valence electrons. The molecule has 0 unspecified atom stereocenters. The first kappa shape index (κ1) is 21.4. The van der Waals surface area contributed by atoms with Gasteiger partial charge in [-0.2, -0.15) is 13.2 Å². The van der Waals surface area contributed by atoms with Crippen LogP contribution in [0.25, 0.3) is 10.9 Å². The lowest BCUT2D eigenvalue weighted by Crippen LogP contribution is -2.26. The van der Waals surface area contributed by atoms with Gasteiger partial charge in [0.15, 0.2) is 0 Å². The third-order valence-corrected chi connectivity index (χ3v) is 4.88. The summed E-state index contributed by atoms with van der Waals surface area (Å²) in [6.07, 6.45) is -0.615. The molecule has 0 saturated heterocycles. The van der Waals surface area contributed by atoms with Gasteiger partial charge in [-0.15, -0.1) is 0 Å². The van der Waals surface area contributed by atoms with Gasteiger partial charge in [0.2, 0.25) is 5.56 Å². The van der Waals surface area contributed by atoms with Crippen LogP contribution in [0.2, 0.25) is 0 Å². The van der Waals surface area contributed by atoms with Crippen molar-refractivity contribution in [1.82, 2.24) is 15.0 Å². The monoisotopic (exact) mass is 446 g/mol. The Hall–Kier alpha value is -3.82. The van der Waals surface area contributed by atoms with Crippen molar-refractivity contribution in [1.29, 1.82) is 0 Å². The van der Waals surface area contributed by atoms with E-state index in [0.717, 1.165) is 12.1 Å². The number of para-hydroxylation sites is 1. The zero-order valence-corrected chi connectivity index (χ0v) is 16.3. The standard InChI is InChI=1S/C22H15F5N4O/c23-15-4-5-17(22(25,26)27)14(8-15)12-31(19-10-28-6-7-29-19)11-13-9-20(32)30-21-16(13)2-1-3-18(21)24/h1-10H,11-12H2,(H,30,32). The van der Waals surface area contributed by atoms with E-state index in [1.54, 1.807) is 6.07 Å². The molecule has 0 aliphatic carbocycles. The number of H-pyrrole nitrogens is 1. The molecule has 0 bridgehead atoms. The molecule has 0 amide bonds. The summed E-state index contributed by atoms with van der Waals surface area (Å²) in [6, 6.07) is 7.69. The number of aromatic amines is 1. The first-order valence-corrected chi connectivity index (χ1v) is 9.39. The van der Waals surface area contributed by atoms with Gasteiger partial charge >= 0.3 is 6.18 Å². The van der Waals surface area contributed by atoms with Gasteiger partial charge in [0.05, 0.1) is 17.3 Å². The molecule has 2 aromatic heterocycles. The van der Waals surface area contributed by atoms with Crippen LogP contribution in [0.4, 0.5) is 27.8 Å². The number of pyridine rings is 1. The van der Waals surface area contributed by atoms with Gasteiger partial charge in [-0.25, -0.2) is 13.8 Å². The number of benzene rings is 2. The summed E-state index contributed by atoms with van der Waals surface area (Å²) in [5.74, 6) is -1.26. The smallest absolute Gasteiger partial charge is 0.347 e. The minimum atomic E-state index is -4.70. The highest BCUT2D eigenvalue weighted by molar-refractivity contribution is 5.82. The Labute approximate surface area is 178 Å². The van der Waals surface area contributed by atoms with Crippen molar-refractivity contribution in [3.8, 4) is 0 Å². The molecule has 2 aromatic carbocycles. The van der Waals surface area contributed by atoms with Crippen LogP contribution in [0.3, 0.4) is 0 Å². The lowest BCUT2D eigenvalue weighted by atomic mass is 10.0. The predicted molar refractivity (Wildman–Crippen MR) is 108 cm³/mol. The van der Waals surface area contributed by atoms with Crippen LogP contribution in [-0.2, 0) is 19.3 Å². The lowest BCUT2D eigenvalue weighted by Gasteiger charge is -2.26. The second-order valence-electron chi connectivity index (χ2n) is 7.04. The Kier molecular flexibility index (Phi) is 5.60.